The quantitative estimate of drug-likeness (QED) is 0.535. The summed E-state index contributed by atoms with van der Waals surface area (Å²) in [5.41, 5.74) is 2.22. The van der Waals surface area contributed by atoms with Crippen LogP contribution in [0.4, 0.5) is 11.4 Å². The van der Waals surface area contributed by atoms with Gasteiger partial charge in [0.25, 0.3) is 5.56 Å². The van der Waals surface area contributed by atoms with Gasteiger partial charge in [-0.2, -0.15) is 0 Å². The molecular formula is C18H12ClN3O. The summed E-state index contributed by atoms with van der Waals surface area (Å²) in [7, 11) is 0. The van der Waals surface area contributed by atoms with Crippen LogP contribution in [-0.2, 0) is 0 Å². The highest BCUT2D eigenvalue weighted by Crippen LogP contribution is 2.29. The number of rotatable bonds is 2. The van der Waals surface area contributed by atoms with Gasteiger partial charge >= 0.3 is 0 Å². The van der Waals surface area contributed by atoms with E-state index < -0.39 is 0 Å². The number of nitrogens with one attached hydrogen (secondary N) is 2. The lowest BCUT2D eigenvalue weighted by atomic mass is 10.1. The zero-order valence-electron chi connectivity index (χ0n) is 12.0. The lowest BCUT2D eigenvalue weighted by molar-refractivity contribution is 1.25. The number of hydrogen-bond donors (Lipinski definition) is 2. The predicted molar refractivity (Wildman–Crippen MR) is 94.6 cm³/mol. The second kappa shape index (κ2) is 5.41. The monoisotopic (exact) mass is 321 g/mol. The molecule has 0 spiro atoms. The van der Waals surface area contributed by atoms with Crippen LogP contribution in [0, 0.1) is 0 Å². The van der Waals surface area contributed by atoms with Crippen molar-refractivity contribution in [1.29, 1.82) is 0 Å². The second-order valence-electron chi connectivity index (χ2n) is 5.21. The average Bonchev–Trinajstić information content (AvgIpc) is 2.57. The van der Waals surface area contributed by atoms with E-state index in [1.165, 1.54) is 0 Å². The van der Waals surface area contributed by atoms with E-state index in [4.69, 9.17) is 11.6 Å². The first-order chi connectivity index (χ1) is 11.2. The van der Waals surface area contributed by atoms with Crippen molar-refractivity contribution in [2.75, 3.05) is 5.32 Å². The Morgan fingerprint density at radius 1 is 0.957 bits per heavy atom. The number of nitrogens with zero attached hydrogens (tertiary/aromatic N) is 1. The van der Waals surface area contributed by atoms with Gasteiger partial charge in [-0.15, -0.1) is 0 Å². The summed E-state index contributed by atoms with van der Waals surface area (Å²) < 4.78 is 0. The lowest BCUT2D eigenvalue weighted by Gasteiger charge is -2.11. The van der Waals surface area contributed by atoms with Gasteiger partial charge in [-0.25, -0.2) is 4.98 Å². The van der Waals surface area contributed by atoms with E-state index in [0.29, 0.717) is 16.1 Å². The Morgan fingerprint density at radius 3 is 2.48 bits per heavy atom. The fourth-order valence-corrected chi connectivity index (χ4v) is 2.82. The number of aromatic nitrogens is 2. The third-order valence-electron chi connectivity index (χ3n) is 3.75. The van der Waals surface area contributed by atoms with Crippen LogP contribution in [0.3, 0.4) is 0 Å². The maximum atomic E-state index is 12.2. The van der Waals surface area contributed by atoms with Gasteiger partial charge in [0.1, 0.15) is 5.65 Å². The number of fused-ring (bicyclic) bond motifs is 3. The van der Waals surface area contributed by atoms with Crippen LogP contribution < -0.4 is 10.9 Å². The molecule has 4 aromatic rings. The summed E-state index contributed by atoms with van der Waals surface area (Å²) in [6.07, 6.45) is 1.67. The number of H-pyrrole nitrogens is 1. The van der Waals surface area contributed by atoms with Gasteiger partial charge in [0.05, 0.1) is 5.69 Å². The number of aromatic amines is 1. The maximum Gasteiger partial charge on any atom is 0.257 e. The molecule has 2 N–H and O–H groups in total. The molecule has 2 aromatic carbocycles. The normalized spacial score (nSPS) is 11.0. The highest BCUT2D eigenvalue weighted by molar-refractivity contribution is 6.30. The van der Waals surface area contributed by atoms with Crippen LogP contribution in [0.1, 0.15) is 0 Å². The van der Waals surface area contributed by atoms with Crippen molar-refractivity contribution in [3.8, 4) is 0 Å². The number of halogens is 1. The highest BCUT2D eigenvalue weighted by atomic mass is 35.5. The van der Waals surface area contributed by atoms with Crippen LogP contribution in [0.15, 0.2) is 65.6 Å². The topological polar surface area (TPSA) is 57.8 Å². The molecule has 0 amide bonds. The third kappa shape index (κ3) is 2.43. The Kier molecular flexibility index (Phi) is 3.24. The summed E-state index contributed by atoms with van der Waals surface area (Å²) in [5.74, 6) is 0. The highest BCUT2D eigenvalue weighted by Gasteiger charge is 2.09. The van der Waals surface area contributed by atoms with Crippen LogP contribution in [0.2, 0.25) is 5.02 Å². The molecule has 0 aliphatic rings. The van der Waals surface area contributed by atoms with Crippen molar-refractivity contribution in [2.45, 2.75) is 0 Å². The SMILES string of the molecule is O=c1[nH]c2nccc(Nc3ccc(Cl)cc3)c2c2ccccc12. The molecule has 2 aromatic heterocycles. The van der Waals surface area contributed by atoms with Gasteiger partial charge in [0, 0.05) is 33.1 Å². The Balaban J connectivity index is 1.98. The Morgan fingerprint density at radius 2 is 1.70 bits per heavy atom. The Hall–Kier alpha value is -2.85. The van der Waals surface area contributed by atoms with Gasteiger partial charge in [-0.05, 0) is 36.4 Å². The number of pyridine rings is 2. The Bertz CT molecular complexity index is 1070. The molecule has 0 atom stereocenters. The van der Waals surface area contributed by atoms with Gasteiger partial charge in [0.2, 0.25) is 0 Å². The minimum Gasteiger partial charge on any atom is -0.355 e. The summed E-state index contributed by atoms with van der Waals surface area (Å²) in [6, 6.07) is 16.9. The molecule has 112 valence electrons. The lowest BCUT2D eigenvalue weighted by Crippen LogP contribution is -2.08. The van der Waals surface area contributed by atoms with Crippen molar-refractivity contribution < 1.29 is 0 Å². The zero-order chi connectivity index (χ0) is 15.8. The number of hydrogen-bond acceptors (Lipinski definition) is 3. The number of benzene rings is 2. The van der Waals surface area contributed by atoms with Crippen molar-refractivity contribution in [1.82, 2.24) is 9.97 Å². The molecule has 0 fully saturated rings. The van der Waals surface area contributed by atoms with E-state index in [0.717, 1.165) is 22.1 Å². The molecule has 23 heavy (non-hydrogen) atoms. The van der Waals surface area contributed by atoms with E-state index in [1.807, 2.05) is 54.6 Å². The van der Waals surface area contributed by atoms with Gasteiger partial charge < -0.3 is 10.3 Å². The summed E-state index contributed by atoms with van der Waals surface area (Å²) >= 11 is 5.93. The van der Waals surface area contributed by atoms with Crippen LogP contribution in [0.25, 0.3) is 21.8 Å². The number of anilines is 2. The molecule has 4 rings (SSSR count). The van der Waals surface area contributed by atoms with Crippen LogP contribution in [-0.4, -0.2) is 9.97 Å². The summed E-state index contributed by atoms with van der Waals surface area (Å²) in [5, 5.41) is 6.45. The van der Waals surface area contributed by atoms with E-state index >= 15 is 0 Å². The minimum absolute atomic E-state index is 0.135. The molecule has 4 nitrogen and oxygen atoms in total. The maximum absolute atomic E-state index is 12.2. The van der Waals surface area contributed by atoms with E-state index in [1.54, 1.807) is 6.20 Å². The minimum atomic E-state index is -0.135. The van der Waals surface area contributed by atoms with Crippen LogP contribution in [0.5, 0.6) is 0 Å². The average molecular weight is 322 g/mol. The molecular weight excluding hydrogens is 310 g/mol. The molecule has 0 aliphatic heterocycles. The summed E-state index contributed by atoms with van der Waals surface area (Å²) in [4.78, 5) is 19.3. The Labute approximate surface area is 136 Å². The molecule has 0 unspecified atom stereocenters. The van der Waals surface area contributed by atoms with Crippen molar-refractivity contribution in [3.63, 3.8) is 0 Å². The standard InChI is InChI=1S/C18H12ClN3O/c19-11-5-7-12(8-6-11)21-15-9-10-20-17-16(15)13-3-1-2-4-14(13)18(23)22-17/h1-10H,(H2,20,21,22,23). The second-order valence-corrected chi connectivity index (χ2v) is 5.65. The molecule has 2 heterocycles. The largest absolute Gasteiger partial charge is 0.355 e. The van der Waals surface area contributed by atoms with E-state index in [9.17, 15) is 4.79 Å². The predicted octanol–water partition coefficient (Wildman–Crippen LogP) is 4.47. The van der Waals surface area contributed by atoms with E-state index in [-0.39, 0.29) is 5.56 Å². The third-order valence-corrected chi connectivity index (χ3v) is 4.00. The first-order valence-electron chi connectivity index (χ1n) is 7.15. The fourth-order valence-electron chi connectivity index (χ4n) is 2.70. The first-order valence-corrected chi connectivity index (χ1v) is 7.52. The molecule has 0 aliphatic carbocycles. The van der Waals surface area contributed by atoms with Gasteiger partial charge in [0.15, 0.2) is 0 Å². The van der Waals surface area contributed by atoms with Crippen molar-refractivity contribution in [3.05, 3.63) is 76.2 Å². The van der Waals surface area contributed by atoms with Gasteiger partial charge in [-0.1, -0.05) is 29.8 Å². The molecule has 0 saturated heterocycles. The molecule has 0 saturated carbocycles. The van der Waals surface area contributed by atoms with E-state index in [2.05, 4.69) is 15.3 Å². The molecule has 0 bridgehead atoms. The molecule has 5 heteroatoms. The van der Waals surface area contributed by atoms with Crippen molar-refractivity contribution in [2.24, 2.45) is 0 Å². The fraction of sp³-hybridized carbons (Fsp3) is 0. The van der Waals surface area contributed by atoms with Crippen LogP contribution >= 0.6 is 11.6 Å². The summed E-state index contributed by atoms with van der Waals surface area (Å²) in [6.45, 7) is 0. The first kappa shape index (κ1) is 13.8. The van der Waals surface area contributed by atoms with Gasteiger partial charge in [-0.3, -0.25) is 4.79 Å². The van der Waals surface area contributed by atoms with Crippen molar-refractivity contribution >= 4 is 44.8 Å². The smallest absolute Gasteiger partial charge is 0.257 e. The zero-order valence-corrected chi connectivity index (χ0v) is 12.8. The molecule has 0 radical (unpaired) electrons.